The third kappa shape index (κ3) is 1.99. The largest absolute Gasteiger partial charge is 0.479 e. The SMILES string of the molecule is O=C(O)C1c2ccccc2C(=O)N1Cc1ccsc1Cl. The van der Waals surface area contributed by atoms with E-state index in [0.29, 0.717) is 15.5 Å². The number of nitrogens with zero attached hydrogens (tertiary/aromatic N) is 1. The molecule has 3 rings (SSSR count). The predicted octanol–water partition coefficient (Wildman–Crippen LogP) is 3.18. The van der Waals surface area contributed by atoms with E-state index in [1.165, 1.54) is 16.2 Å². The summed E-state index contributed by atoms with van der Waals surface area (Å²) in [4.78, 5) is 25.2. The van der Waals surface area contributed by atoms with Crippen LogP contribution in [0.5, 0.6) is 0 Å². The molecule has 1 aliphatic rings. The van der Waals surface area contributed by atoms with Crippen LogP contribution in [-0.2, 0) is 11.3 Å². The van der Waals surface area contributed by atoms with E-state index in [1.807, 2.05) is 11.4 Å². The topological polar surface area (TPSA) is 57.6 Å². The number of carboxylic acids is 1. The maximum absolute atomic E-state index is 12.4. The van der Waals surface area contributed by atoms with E-state index < -0.39 is 12.0 Å². The number of carbonyl (C=O) groups excluding carboxylic acids is 1. The molecule has 0 saturated carbocycles. The van der Waals surface area contributed by atoms with Crippen LogP contribution in [-0.4, -0.2) is 21.9 Å². The minimum absolute atomic E-state index is 0.201. The van der Waals surface area contributed by atoms with E-state index in [0.717, 1.165) is 5.56 Å². The molecule has 20 heavy (non-hydrogen) atoms. The first kappa shape index (κ1) is 13.1. The number of hydrogen-bond donors (Lipinski definition) is 1. The molecule has 102 valence electrons. The zero-order chi connectivity index (χ0) is 14.3. The van der Waals surface area contributed by atoms with Gasteiger partial charge >= 0.3 is 5.97 Å². The van der Waals surface area contributed by atoms with Crippen molar-refractivity contribution in [3.8, 4) is 0 Å². The number of carbonyl (C=O) groups is 2. The first-order chi connectivity index (χ1) is 9.59. The second kappa shape index (κ2) is 4.92. The second-order valence-electron chi connectivity index (χ2n) is 4.48. The lowest BCUT2D eigenvalue weighted by Gasteiger charge is -2.21. The summed E-state index contributed by atoms with van der Waals surface area (Å²) in [6.07, 6.45) is 0. The van der Waals surface area contributed by atoms with Crippen LogP contribution in [0.2, 0.25) is 4.34 Å². The van der Waals surface area contributed by atoms with Gasteiger partial charge in [0.15, 0.2) is 6.04 Å². The highest BCUT2D eigenvalue weighted by atomic mass is 35.5. The number of fused-ring (bicyclic) bond motifs is 1. The predicted molar refractivity (Wildman–Crippen MR) is 76.0 cm³/mol. The molecule has 1 N–H and O–H groups in total. The van der Waals surface area contributed by atoms with Crippen molar-refractivity contribution in [2.45, 2.75) is 12.6 Å². The Morgan fingerprint density at radius 2 is 2.10 bits per heavy atom. The van der Waals surface area contributed by atoms with Gasteiger partial charge in [-0.15, -0.1) is 11.3 Å². The zero-order valence-electron chi connectivity index (χ0n) is 10.2. The van der Waals surface area contributed by atoms with Gasteiger partial charge in [-0.2, -0.15) is 0 Å². The Morgan fingerprint density at radius 3 is 2.75 bits per heavy atom. The molecule has 0 saturated heterocycles. The summed E-state index contributed by atoms with van der Waals surface area (Å²) in [5.41, 5.74) is 1.76. The highest BCUT2D eigenvalue weighted by molar-refractivity contribution is 7.14. The average molecular weight is 308 g/mol. The van der Waals surface area contributed by atoms with Crippen LogP contribution in [0.1, 0.15) is 27.5 Å². The maximum atomic E-state index is 12.4. The highest BCUT2D eigenvalue weighted by Crippen LogP contribution is 2.36. The molecule has 1 amide bonds. The molecule has 6 heteroatoms. The molecule has 0 bridgehead atoms. The van der Waals surface area contributed by atoms with E-state index in [2.05, 4.69) is 0 Å². The fraction of sp³-hybridized carbons (Fsp3) is 0.143. The smallest absolute Gasteiger partial charge is 0.331 e. The molecule has 0 aliphatic carbocycles. The van der Waals surface area contributed by atoms with Crippen molar-refractivity contribution >= 4 is 34.8 Å². The summed E-state index contributed by atoms with van der Waals surface area (Å²) >= 11 is 7.40. The Morgan fingerprint density at radius 1 is 1.35 bits per heavy atom. The van der Waals surface area contributed by atoms with Gasteiger partial charge < -0.3 is 10.0 Å². The first-order valence-corrected chi connectivity index (χ1v) is 7.20. The van der Waals surface area contributed by atoms with Gasteiger partial charge in [0.05, 0.1) is 4.34 Å². The van der Waals surface area contributed by atoms with E-state index >= 15 is 0 Å². The van der Waals surface area contributed by atoms with Gasteiger partial charge in [0.2, 0.25) is 0 Å². The quantitative estimate of drug-likeness (QED) is 0.947. The number of amides is 1. The van der Waals surface area contributed by atoms with Crippen molar-refractivity contribution in [2.75, 3.05) is 0 Å². The standard InChI is InChI=1S/C14H10ClNO3S/c15-12-8(5-6-20-12)7-16-11(14(18)19)9-3-1-2-4-10(9)13(16)17/h1-6,11H,7H2,(H,18,19). The van der Waals surface area contributed by atoms with Gasteiger partial charge in [-0.25, -0.2) is 4.79 Å². The maximum Gasteiger partial charge on any atom is 0.331 e. The van der Waals surface area contributed by atoms with Crippen LogP contribution in [0.3, 0.4) is 0 Å². The van der Waals surface area contributed by atoms with E-state index in [4.69, 9.17) is 11.6 Å². The van der Waals surface area contributed by atoms with E-state index in [-0.39, 0.29) is 12.5 Å². The van der Waals surface area contributed by atoms with Crippen molar-refractivity contribution < 1.29 is 14.7 Å². The van der Waals surface area contributed by atoms with Gasteiger partial charge in [-0.1, -0.05) is 29.8 Å². The molecule has 1 aliphatic heterocycles. The highest BCUT2D eigenvalue weighted by Gasteiger charge is 2.41. The minimum atomic E-state index is -1.03. The molecule has 1 unspecified atom stereocenters. The number of halogens is 1. The third-order valence-electron chi connectivity index (χ3n) is 3.33. The van der Waals surface area contributed by atoms with Crippen molar-refractivity contribution in [1.82, 2.24) is 4.90 Å². The third-order valence-corrected chi connectivity index (χ3v) is 4.58. The molecule has 1 aromatic carbocycles. The summed E-state index contributed by atoms with van der Waals surface area (Å²) in [7, 11) is 0. The Bertz CT molecular complexity index is 697. The molecular weight excluding hydrogens is 298 g/mol. The summed E-state index contributed by atoms with van der Waals surface area (Å²) in [5.74, 6) is -1.30. The van der Waals surface area contributed by atoms with Crippen LogP contribution in [0.15, 0.2) is 35.7 Å². The van der Waals surface area contributed by atoms with Crippen LogP contribution < -0.4 is 0 Å². The lowest BCUT2D eigenvalue weighted by atomic mass is 10.1. The summed E-state index contributed by atoms with van der Waals surface area (Å²) < 4.78 is 0.581. The lowest BCUT2D eigenvalue weighted by molar-refractivity contribution is -0.142. The number of carboxylic acid groups (broad SMARTS) is 1. The fourth-order valence-corrected chi connectivity index (χ4v) is 3.33. The van der Waals surface area contributed by atoms with Crippen LogP contribution >= 0.6 is 22.9 Å². The van der Waals surface area contributed by atoms with Crippen molar-refractivity contribution in [1.29, 1.82) is 0 Å². The minimum Gasteiger partial charge on any atom is -0.479 e. The molecule has 1 aromatic heterocycles. The fourth-order valence-electron chi connectivity index (χ4n) is 2.41. The van der Waals surface area contributed by atoms with Gasteiger partial charge in [0.25, 0.3) is 5.91 Å². The molecular formula is C14H10ClNO3S. The van der Waals surface area contributed by atoms with Gasteiger partial charge in [0, 0.05) is 17.7 Å². The molecule has 4 nitrogen and oxygen atoms in total. The zero-order valence-corrected chi connectivity index (χ0v) is 11.8. The number of benzene rings is 1. The van der Waals surface area contributed by atoms with Gasteiger partial charge in [-0.05, 0) is 23.1 Å². The number of thiophene rings is 1. The van der Waals surface area contributed by atoms with Crippen LogP contribution in [0, 0.1) is 0 Å². The monoisotopic (exact) mass is 307 g/mol. The number of hydrogen-bond acceptors (Lipinski definition) is 3. The molecule has 0 fully saturated rings. The Hall–Kier alpha value is -1.85. The average Bonchev–Trinajstić information content (AvgIpc) is 2.94. The van der Waals surface area contributed by atoms with Crippen LogP contribution in [0.25, 0.3) is 0 Å². The molecule has 1 atom stereocenters. The summed E-state index contributed by atoms with van der Waals surface area (Å²) in [5, 5.41) is 11.2. The number of aliphatic carboxylic acids is 1. The van der Waals surface area contributed by atoms with E-state index in [1.54, 1.807) is 24.3 Å². The van der Waals surface area contributed by atoms with Gasteiger partial charge in [0.1, 0.15) is 0 Å². The molecule has 2 aromatic rings. The Kier molecular flexibility index (Phi) is 3.23. The summed E-state index contributed by atoms with van der Waals surface area (Å²) in [6.45, 7) is 0.201. The number of rotatable bonds is 3. The molecule has 2 heterocycles. The van der Waals surface area contributed by atoms with Crippen molar-refractivity contribution in [3.05, 3.63) is 56.7 Å². The van der Waals surface area contributed by atoms with Gasteiger partial charge in [-0.3, -0.25) is 4.79 Å². The second-order valence-corrected chi connectivity index (χ2v) is 6.00. The lowest BCUT2D eigenvalue weighted by Crippen LogP contribution is -2.32. The van der Waals surface area contributed by atoms with Crippen molar-refractivity contribution in [2.24, 2.45) is 0 Å². The van der Waals surface area contributed by atoms with E-state index in [9.17, 15) is 14.7 Å². The Balaban J connectivity index is 2.01. The molecule has 0 spiro atoms. The summed E-state index contributed by atoms with van der Waals surface area (Å²) in [6, 6.07) is 7.67. The van der Waals surface area contributed by atoms with Crippen molar-refractivity contribution in [3.63, 3.8) is 0 Å². The van der Waals surface area contributed by atoms with Crippen LogP contribution in [0.4, 0.5) is 0 Å². The molecule has 0 radical (unpaired) electrons. The normalized spacial score (nSPS) is 17.4. The first-order valence-electron chi connectivity index (χ1n) is 5.94. The Labute approximate surface area is 124 Å².